The molecule has 1 aliphatic heterocycles. The van der Waals surface area contributed by atoms with Gasteiger partial charge in [-0.05, 0) is 49.7 Å². The molecule has 1 spiro atoms. The summed E-state index contributed by atoms with van der Waals surface area (Å²) in [7, 11) is 0. The summed E-state index contributed by atoms with van der Waals surface area (Å²) in [5.41, 5.74) is 3.84. The van der Waals surface area contributed by atoms with E-state index in [0.717, 1.165) is 19.3 Å². The highest BCUT2D eigenvalue weighted by atomic mass is 16.2. The third-order valence-electron chi connectivity index (χ3n) is 5.61. The van der Waals surface area contributed by atoms with Gasteiger partial charge in [0.1, 0.15) is 11.7 Å². The minimum Gasteiger partial charge on any atom is -0.318 e. The van der Waals surface area contributed by atoms with Gasteiger partial charge < -0.3 is 4.90 Å². The van der Waals surface area contributed by atoms with Gasteiger partial charge in [0.05, 0.1) is 0 Å². The highest BCUT2D eigenvalue weighted by molar-refractivity contribution is 5.92. The van der Waals surface area contributed by atoms with Gasteiger partial charge in [0.15, 0.2) is 0 Å². The fourth-order valence-corrected chi connectivity index (χ4v) is 3.76. The fourth-order valence-electron chi connectivity index (χ4n) is 3.76. The molecule has 1 saturated heterocycles. The molecule has 3 nitrogen and oxygen atoms in total. The lowest BCUT2D eigenvalue weighted by molar-refractivity contribution is -0.131. The average Bonchev–Trinajstić information content (AvgIpc) is 3.28. The predicted octanol–water partition coefficient (Wildman–Crippen LogP) is 3.06. The Morgan fingerprint density at radius 2 is 1.90 bits per heavy atom. The molecule has 2 atom stereocenters. The maximum absolute atomic E-state index is 12.9. The van der Waals surface area contributed by atoms with Gasteiger partial charge in [0.2, 0.25) is 5.91 Å². The van der Waals surface area contributed by atoms with E-state index in [1.165, 1.54) is 16.7 Å². The molecule has 2 unspecified atom stereocenters. The SMILES string of the molecule is Cc1ccc(C)c(C2NC3(CC3)C(=O)N2C2CC2(C)C)c1. The second-order valence-electron chi connectivity index (χ2n) is 7.91. The number of nitrogens with one attached hydrogen (secondary N) is 1. The van der Waals surface area contributed by atoms with Crippen LogP contribution in [-0.2, 0) is 4.79 Å². The molecule has 1 heterocycles. The van der Waals surface area contributed by atoms with Crippen LogP contribution in [0.3, 0.4) is 0 Å². The molecule has 1 aromatic rings. The summed E-state index contributed by atoms with van der Waals surface area (Å²) in [6.45, 7) is 8.80. The molecular weight excluding hydrogens is 260 g/mol. The molecule has 3 heteroatoms. The van der Waals surface area contributed by atoms with E-state index in [1.54, 1.807) is 0 Å². The van der Waals surface area contributed by atoms with Crippen LogP contribution in [0.25, 0.3) is 0 Å². The van der Waals surface area contributed by atoms with Crippen LogP contribution in [0.2, 0.25) is 0 Å². The van der Waals surface area contributed by atoms with E-state index >= 15 is 0 Å². The molecule has 1 amide bonds. The zero-order chi connectivity index (χ0) is 15.0. The number of aryl methyl sites for hydroxylation is 2. The van der Waals surface area contributed by atoms with Crippen LogP contribution in [0.5, 0.6) is 0 Å². The smallest absolute Gasteiger partial charge is 0.244 e. The molecule has 0 radical (unpaired) electrons. The summed E-state index contributed by atoms with van der Waals surface area (Å²) < 4.78 is 0. The topological polar surface area (TPSA) is 32.3 Å². The van der Waals surface area contributed by atoms with Crippen molar-refractivity contribution in [3.63, 3.8) is 0 Å². The number of carbonyl (C=O) groups is 1. The Labute approximate surface area is 126 Å². The second kappa shape index (κ2) is 3.89. The van der Waals surface area contributed by atoms with Gasteiger partial charge in [-0.1, -0.05) is 37.6 Å². The molecule has 0 bridgehead atoms. The predicted molar refractivity (Wildman–Crippen MR) is 82.8 cm³/mol. The van der Waals surface area contributed by atoms with Crippen LogP contribution < -0.4 is 5.32 Å². The summed E-state index contributed by atoms with van der Waals surface area (Å²) in [6.07, 6.45) is 3.18. The first-order valence-electron chi connectivity index (χ1n) is 8.02. The summed E-state index contributed by atoms with van der Waals surface area (Å²) in [5.74, 6) is 0.337. The number of hydrogen-bond acceptors (Lipinski definition) is 2. The molecule has 3 fully saturated rings. The summed E-state index contributed by atoms with van der Waals surface area (Å²) in [6, 6.07) is 6.95. The fraction of sp³-hybridized carbons (Fsp3) is 0.611. The second-order valence-corrected chi connectivity index (χ2v) is 7.91. The van der Waals surface area contributed by atoms with Crippen molar-refractivity contribution in [3.05, 3.63) is 34.9 Å². The number of amides is 1. The van der Waals surface area contributed by atoms with E-state index in [9.17, 15) is 4.79 Å². The summed E-state index contributed by atoms with van der Waals surface area (Å²) in [5, 5.41) is 3.66. The van der Waals surface area contributed by atoms with Crippen LogP contribution in [0.1, 0.15) is 56.0 Å². The van der Waals surface area contributed by atoms with Crippen molar-refractivity contribution in [2.24, 2.45) is 5.41 Å². The molecule has 112 valence electrons. The van der Waals surface area contributed by atoms with Gasteiger partial charge in [0.25, 0.3) is 0 Å². The van der Waals surface area contributed by atoms with Gasteiger partial charge in [0, 0.05) is 6.04 Å². The first-order chi connectivity index (χ1) is 9.84. The number of hydrogen-bond donors (Lipinski definition) is 1. The quantitative estimate of drug-likeness (QED) is 0.905. The molecule has 1 aromatic carbocycles. The molecule has 0 aromatic heterocycles. The van der Waals surface area contributed by atoms with Gasteiger partial charge in [-0.15, -0.1) is 0 Å². The van der Waals surface area contributed by atoms with Crippen molar-refractivity contribution < 1.29 is 4.79 Å². The first kappa shape index (κ1) is 13.3. The Balaban J connectivity index is 1.75. The highest BCUT2D eigenvalue weighted by Crippen LogP contribution is 2.56. The zero-order valence-corrected chi connectivity index (χ0v) is 13.4. The zero-order valence-electron chi connectivity index (χ0n) is 13.4. The Morgan fingerprint density at radius 1 is 1.24 bits per heavy atom. The molecule has 1 N–H and O–H groups in total. The lowest BCUT2D eigenvalue weighted by Gasteiger charge is -2.27. The van der Waals surface area contributed by atoms with Crippen LogP contribution in [-0.4, -0.2) is 22.4 Å². The van der Waals surface area contributed by atoms with Crippen LogP contribution >= 0.6 is 0 Å². The third kappa shape index (κ3) is 1.87. The number of benzene rings is 1. The van der Waals surface area contributed by atoms with Crippen LogP contribution in [0, 0.1) is 19.3 Å². The van der Waals surface area contributed by atoms with Crippen molar-refractivity contribution in [2.45, 2.75) is 64.7 Å². The monoisotopic (exact) mass is 284 g/mol. The van der Waals surface area contributed by atoms with Crippen molar-refractivity contribution in [1.82, 2.24) is 10.2 Å². The van der Waals surface area contributed by atoms with E-state index in [0.29, 0.717) is 11.9 Å². The third-order valence-corrected chi connectivity index (χ3v) is 5.61. The largest absolute Gasteiger partial charge is 0.318 e. The van der Waals surface area contributed by atoms with Gasteiger partial charge in [-0.2, -0.15) is 0 Å². The van der Waals surface area contributed by atoms with Crippen LogP contribution in [0.15, 0.2) is 18.2 Å². The lowest BCUT2D eigenvalue weighted by atomic mass is 10.0. The van der Waals surface area contributed by atoms with Crippen molar-refractivity contribution in [1.29, 1.82) is 0 Å². The van der Waals surface area contributed by atoms with E-state index in [1.807, 2.05) is 0 Å². The van der Waals surface area contributed by atoms with E-state index in [-0.39, 0.29) is 17.1 Å². The Bertz CT molecular complexity index is 630. The molecule has 3 aliphatic rings. The standard InChI is InChI=1S/C18H24N2O/c1-11-5-6-12(2)13(9-11)15-19-18(7-8-18)16(21)20(15)14-10-17(14,3)4/h5-6,9,14-15,19H,7-8,10H2,1-4H3. The Hall–Kier alpha value is -1.35. The van der Waals surface area contributed by atoms with E-state index < -0.39 is 0 Å². The van der Waals surface area contributed by atoms with Gasteiger partial charge in [-0.25, -0.2) is 0 Å². The Morgan fingerprint density at radius 3 is 2.48 bits per heavy atom. The maximum atomic E-state index is 12.9. The minimum atomic E-state index is -0.237. The summed E-state index contributed by atoms with van der Waals surface area (Å²) in [4.78, 5) is 15.1. The van der Waals surface area contributed by atoms with Gasteiger partial charge >= 0.3 is 0 Å². The van der Waals surface area contributed by atoms with E-state index in [2.05, 4.69) is 56.1 Å². The average molecular weight is 284 g/mol. The lowest BCUT2D eigenvalue weighted by Crippen LogP contribution is -2.35. The molecule has 2 aliphatic carbocycles. The Kier molecular flexibility index (Phi) is 2.47. The summed E-state index contributed by atoms with van der Waals surface area (Å²) >= 11 is 0. The molecule has 4 rings (SSSR count). The number of carbonyl (C=O) groups excluding carboxylic acids is 1. The molecule has 2 saturated carbocycles. The number of rotatable bonds is 2. The van der Waals surface area contributed by atoms with Crippen molar-refractivity contribution in [2.75, 3.05) is 0 Å². The van der Waals surface area contributed by atoms with Gasteiger partial charge in [-0.3, -0.25) is 10.1 Å². The van der Waals surface area contributed by atoms with Crippen LogP contribution in [0.4, 0.5) is 0 Å². The highest BCUT2D eigenvalue weighted by Gasteiger charge is 2.65. The normalized spacial score (nSPS) is 31.8. The van der Waals surface area contributed by atoms with Crippen molar-refractivity contribution in [3.8, 4) is 0 Å². The maximum Gasteiger partial charge on any atom is 0.244 e. The molecular formula is C18H24N2O. The van der Waals surface area contributed by atoms with Crippen molar-refractivity contribution >= 4 is 5.91 Å². The first-order valence-corrected chi connectivity index (χ1v) is 8.02. The number of nitrogens with zero attached hydrogens (tertiary/aromatic N) is 1. The minimum absolute atomic E-state index is 0.0617. The molecule has 21 heavy (non-hydrogen) atoms. The van der Waals surface area contributed by atoms with E-state index in [4.69, 9.17) is 0 Å².